The minimum Gasteiger partial charge on any atom is -0.392 e. The first-order valence-electron chi connectivity index (χ1n) is 12.6. The quantitative estimate of drug-likeness (QED) is 0.374. The van der Waals surface area contributed by atoms with Gasteiger partial charge in [0.25, 0.3) is 5.91 Å². The van der Waals surface area contributed by atoms with Crippen LogP contribution in [-0.4, -0.2) is 40.6 Å². The summed E-state index contributed by atoms with van der Waals surface area (Å²) in [5.41, 5.74) is 4.36. The summed E-state index contributed by atoms with van der Waals surface area (Å²) in [5, 5.41) is 14.5. The highest BCUT2D eigenvalue weighted by Gasteiger charge is 2.29. The molecule has 37 heavy (non-hydrogen) atoms. The number of benzene rings is 3. The molecule has 0 unspecified atom stereocenters. The zero-order chi connectivity index (χ0) is 25.9. The Bertz CT molecular complexity index is 1420. The first-order valence-corrected chi connectivity index (χ1v) is 13.0. The topological polar surface area (TPSA) is 74.6 Å². The normalized spacial score (nSPS) is 14.1. The maximum absolute atomic E-state index is 14.0. The number of nitrogens with one attached hydrogen (secondary N) is 1. The molecule has 0 bridgehead atoms. The van der Waals surface area contributed by atoms with Gasteiger partial charge in [0.1, 0.15) is 0 Å². The second-order valence-corrected chi connectivity index (χ2v) is 9.91. The van der Waals surface area contributed by atoms with Crippen LogP contribution in [0.4, 0.5) is 5.69 Å². The zero-order valence-corrected chi connectivity index (χ0v) is 21.5. The summed E-state index contributed by atoms with van der Waals surface area (Å²) in [6.45, 7) is 3.50. The second-order valence-electron chi connectivity index (χ2n) is 9.48. The summed E-state index contributed by atoms with van der Waals surface area (Å²) >= 11 is 6.04. The molecule has 1 saturated heterocycles. The van der Waals surface area contributed by atoms with Crippen molar-refractivity contribution in [2.45, 2.75) is 38.8 Å². The molecule has 1 aliphatic rings. The molecular weight excluding hydrogens is 486 g/mol. The van der Waals surface area contributed by atoms with E-state index in [-0.39, 0.29) is 30.9 Å². The van der Waals surface area contributed by atoms with E-state index in [2.05, 4.69) is 5.32 Å². The van der Waals surface area contributed by atoms with Crippen LogP contribution in [0.5, 0.6) is 0 Å². The molecule has 0 radical (unpaired) electrons. The predicted octanol–water partition coefficient (Wildman–Crippen LogP) is 5.11. The van der Waals surface area contributed by atoms with E-state index in [0.717, 1.165) is 53.8 Å². The minimum atomic E-state index is -0.187. The van der Waals surface area contributed by atoms with Gasteiger partial charge >= 0.3 is 0 Å². The van der Waals surface area contributed by atoms with Gasteiger partial charge in [0.2, 0.25) is 5.91 Å². The number of carbonyl (C=O) groups is 2. The van der Waals surface area contributed by atoms with Gasteiger partial charge in [-0.3, -0.25) is 14.2 Å². The van der Waals surface area contributed by atoms with E-state index in [0.29, 0.717) is 16.1 Å². The van der Waals surface area contributed by atoms with Crippen molar-refractivity contribution in [1.29, 1.82) is 0 Å². The van der Waals surface area contributed by atoms with Crippen LogP contribution in [0, 0.1) is 6.92 Å². The van der Waals surface area contributed by atoms with Gasteiger partial charge in [0, 0.05) is 33.4 Å². The molecule has 0 aliphatic carbocycles. The number of aliphatic hydroxyl groups is 1. The molecule has 2 heterocycles. The first kappa shape index (κ1) is 25.2. The fourth-order valence-corrected chi connectivity index (χ4v) is 5.41. The number of piperidine rings is 1. The smallest absolute Gasteiger partial charge is 0.262 e. The summed E-state index contributed by atoms with van der Waals surface area (Å²) in [7, 11) is 0. The van der Waals surface area contributed by atoms with Crippen LogP contribution in [0.3, 0.4) is 0 Å². The zero-order valence-electron chi connectivity index (χ0n) is 20.8. The van der Waals surface area contributed by atoms with Gasteiger partial charge in [0.05, 0.1) is 18.5 Å². The van der Waals surface area contributed by atoms with Crippen molar-refractivity contribution in [2.24, 2.45) is 0 Å². The Hall–Kier alpha value is -3.45. The fraction of sp³-hybridized carbons (Fsp3) is 0.267. The molecule has 2 N–H and O–H groups in total. The predicted molar refractivity (Wildman–Crippen MR) is 147 cm³/mol. The molecule has 6 nitrogen and oxygen atoms in total. The lowest BCUT2D eigenvalue weighted by Gasteiger charge is -2.35. The van der Waals surface area contributed by atoms with Crippen LogP contribution < -0.4 is 10.2 Å². The van der Waals surface area contributed by atoms with E-state index >= 15 is 0 Å². The van der Waals surface area contributed by atoms with Gasteiger partial charge in [-0.1, -0.05) is 35.9 Å². The number of aliphatic hydroxyl groups excluding tert-OH is 1. The lowest BCUT2D eigenvalue weighted by molar-refractivity contribution is -0.118. The Balaban J connectivity index is 1.58. The van der Waals surface area contributed by atoms with Crippen molar-refractivity contribution in [3.63, 3.8) is 0 Å². The Labute approximate surface area is 221 Å². The van der Waals surface area contributed by atoms with Crippen molar-refractivity contribution in [1.82, 2.24) is 9.88 Å². The van der Waals surface area contributed by atoms with Gasteiger partial charge in [-0.2, -0.15) is 0 Å². The maximum Gasteiger partial charge on any atom is 0.262 e. The number of anilines is 1. The van der Waals surface area contributed by atoms with Crippen molar-refractivity contribution in [3.05, 3.63) is 100 Å². The van der Waals surface area contributed by atoms with E-state index in [4.69, 9.17) is 11.6 Å². The molecule has 1 fully saturated rings. The standard InChI is InChI=1S/C30H30ClN3O3/c1-20-26(18-29(36)34(24-5-3-2-4-6-24)25-13-15-32-16-14-25)27-17-21(19-35)7-12-28(27)33(20)30(37)22-8-10-23(31)11-9-22/h2-12,17,25,32,35H,13-16,18-19H2,1H3. The van der Waals surface area contributed by atoms with Crippen molar-refractivity contribution >= 4 is 40.0 Å². The molecule has 1 aromatic heterocycles. The summed E-state index contributed by atoms with van der Waals surface area (Å²) in [6.07, 6.45) is 1.91. The van der Waals surface area contributed by atoms with Crippen molar-refractivity contribution in [3.8, 4) is 0 Å². The number of amides is 1. The molecular formula is C30H30ClN3O3. The van der Waals surface area contributed by atoms with Crippen LogP contribution in [-0.2, 0) is 17.8 Å². The highest BCUT2D eigenvalue weighted by Crippen LogP contribution is 2.31. The molecule has 0 saturated carbocycles. The Morgan fingerprint density at radius 1 is 1.03 bits per heavy atom. The van der Waals surface area contributed by atoms with Gasteiger partial charge in [-0.15, -0.1) is 0 Å². The summed E-state index contributed by atoms with van der Waals surface area (Å²) in [6, 6.07) is 22.2. The molecule has 4 aromatic rings. The average molecular weight is 516 g/mol. The summed E-state index contributed by atoms with van der Waals surface area (Å²) in [5.74, 6) is -0.193. The molecule has 190 valence electrons. The van der Waals surface area contributed by atoms with Crippen LogP contribution in [0.25, 0.3) is 10.9 Å². The number of hydrogen-bond acceptors (Lipinski definition) is 4. The van der Waals surface area contributed by atoms with Crippen molar-refractivity contribution < 1.29 is 14.7 Å². The molecule has 1 aliphatic heterocycles. The van der Waals surface area contributed by atoms with Gasteiger partial charge < -0.3 is 15.3 Å². The largest absolute Gasteiger partial charge is 0.392 e. The average Bonchev–Trinajstić information content (AvgIpc) is 3.20. The highest BCUT2D eigenvalue weighted by molar-refractivity contribution is 6.30. The minimum absolute atomic E-state index is 0.00593. The van der Waals surface area contributed by atoms with E-state index in [1.54, 1.807) is 28.8 Å². The highest BCUT2D eigenvalue weighted by atomic mass is 35.5. The maximum atomic E-state index is 14.0. The van der Waals surface area contributed by atoms with Crippen LogP contribution in [0.15, 0.2) is 72.8 Å². The molecule has 3 aromatic carbocycles. The number of carbonyl (C=O) groups excluding carboxylic acids is 2. The van der Waals surface area contributed by atoms with Crippen LogP contribution in [0.2, 0.25) is 5.02 Å². The third-order valence-corrected chi connectivity index (χ3v) is 7.43. The SMILES string of the molecule is Cc1c(CC(=O)N(c2ccccc2)C2CCNCC2)c2cc(CO)ccc2n1C(=O)c1ccc(Cl)cc1. The lowest BCUT2D eigenvalue weighted by atomic mass is 10.0. The first-order chi connectivity index (χ1) is 18.0. The number of rotatable bonds is 6. The van der Waals surface area contributed by atoms with E-state index < -0.39 is 0 Å². The third kappa shape index (κ3) is 5.05. The number of para-hydroxylation sites is 1. The van der Waals surface area contributed by atoms with Crippen molar-refractivity contribution in [2.75, 3.05) is 18.0 Å². The number of halogens is 1. The molecule has 0 atom stereocenters. The van der Waals surface area contributed by atoms with Gasteiger partial charge in [0.15, 0.2) is 0 Å². The van der Waals surface area contributed by atoms with E-state index in [1.165, 1.54) is 0 Å². The third-order valence-electron chi connectivity index (χ3n) is 7.18. The number of nitrogens with zero attached hydrogens (tertiary/aromatic N) is 2. The second kappa shape index (κ2) is 10.9. The summed E-state index contributed by atoms with van der Waals surface area (Å²) in [4.78, 5) is 29.5. The van der Waals surface area contributed by atoms with Crippen LogP contribution >= 0.6 is 11.6 Å². The lowest BCUT2D eigenvalue weighted by Crippen LogP contribution is -2.47. The molecule has 0 spiro atoms. The molecule has 5 rings (SSSR count). The number of aromatic nitrogens is 1. The fourth-order valence-electron chi connectivity index (χ4n) is 5.28. The van der Waals surface area contributed by atoms with E-state index in [1.807, 2.05) is 60.4 Å². The van der Waals surface area contributed by atoms with Gasteiger partial charge in [-0.25, -0.2) is 0 Å². The van der Waals surface area contributed by atoms with E-state index in [9.17, 15) is 14.7 Å². The Morgan fingerprint density at radius 2 is 1.73 bits per heavy atom. The number of fused-ring (bicyclic) bond motifs is 1. The molecule has 7 heteroatoms. The Kier molecular flexibility index (Phi) is 7.42. The molecule has 1 amide bonds. The monoisotopic (exact) mass is 515 g/mol. The Morgan fingerprint density at radius 3 is 2.41 bits per heavy atom. The number of hydrogen-bond donors (Lipinski definition) is 2. The van der Waals surface area contributed by atoms with Crippen LogP contribution in [0.1, 0.15) is 40.0 Å². The summed E-state index contributed by atoms with van der Waals surface area (Å²) < 4.78 is 1.67. The van der Waals surface area contributed by atoms with Gasteiger partial charge in [-0.05, 0) is 92.5 Å².